The Kier molecular flexibility index (Phi) is 8.57. The number of aromatic hydroxyl groups is 1. The average molecular weight is 532 g/mol. The zero-order valence-corrected chi connectivity index (χ0v) is 23.4. The van der Waals surface area contributed by atoms with Crippen LogP contribution in [-0.4, -0.2) is 21.6 Å². The minimum absolute atomic E-state index is 0.0120. The van der Waals surface area contributed by atoms with Crippen LogP contribution in [0.1, 0.15) is 49.1 Å². The summed E-state index contributed by atoms with van der Waals surface area (Å²) in [5.74, 6) is -0.501. The van der Waals surface area contributed by atoms with E-state index in [0.717, 1.165) is 51.4 Å². The number of aromatic amines is 1. The maximum absolute atomic E-state index is 13.9. The lowest BCUT2D eigenvalue weighted by Crippen LogP contribution is -2.22. The van der Waals surface area contributed by atoms with E-state index in [1.54, 1.807) is 13.0 Å². The number of H-pyrrole nitrogens is 1. The maximum Gasteiger partial charge on any atom is 0.266 e. The Labute approximate surface area is 227 Å². The van der Waals surface area contributed by atoms with Crippen molar-refractivity contribution in [2.45, 2.75) is 63.7 Å². The van der Waals surface area contributed by atoms with Crippen molar-refractivity contribution in [3.8, 4) is 16.9 Å². The molecule has 0 saturated carbocycles. The van der Waals surface area contributed by atoms with Crippen molar-refractivity contribution >= 4 is 23.1 Å². The molecule has 0 unspecified atom stereocenters. The number of nitrogens with zero attached hydrogens (tertiary/aromatic N) is 2. The predicted octanol–water partition coefficient (Wildman–Crippen LogP) is 7.86. The third kappa shape index (κ3) is 5.78. The summed E-state index contributed by atoms with van der Waals surface area (Å²) in [5, 5.41) is 11.6. The fourth-order valence-corrected chi connectivity index (χ4v) is 5.60. The van der Waals surface area contributed by atoms with Crippen LogP contribution in [0.2, 0.25) is 0 Å². The van der Waals surface area contributed by atoms with Crippen molar-refractivity contribution in [3.05, 3.63) is 93.4 Å². The molecule has 2 aromatic carbocycles. The van der Waals surface area contributed by atoms with Gasteiger partial charge in [-0.25, -0.2) is 4.98 Å². The Morgan fingerprint density at radius 3 is 2.34 bits per heavy atom. The van der Waals surface area contributed by atoms with Crippen LogP contribution in [-0.2, 0) is 6.42 Å². The molecule has 0 atom stereocenters. The van der Waals surface area contributed by atoms with Gasteiger partial charge < -0.3 is 15.0 Å². The lowest BCUT2D eigenvalue weighted by Gasteiger charge is -2.28. The number of rotatable bonds is 9. The second-order valence-electron chi connectivity index (χ2n) is 9.55. The first kappa shape index (κ1) is 27.5. The van der Waals surface area contributed by atoms with E-state index in [2.05, 4.69) is 53.8 Å². The molecule has 0 bridgehead atoms. The van der Waals surface area contributed by atoms with E-state index in [4.69, 9.17) is 0 Å². The van der Waals surface area contributed by atoms with E-state index in [1.165, 1.54) is 18.0 Å². The van der Waals surface area contributed by atoms with Gasteiger partial charge in [0.05, 0.1) is 0 Å². The van der Waals surface area contributed by atoms with Crippen LogP contribution < -0.4 is 10.5 Å². The highest BCUT2D eigenvalue weighted by atomic mass is 32.2. The van der Waals surface area contributed by atoms with Crippen molar-refractivity contribution in [2.24, 2.45) is 0 Å². The topological polar surface area (TPSA) is 69.2 Å². The summed E-state index contributed by atoms with van der Waals surface area (Å²) in [4.78, 5) is 23.1. The minimum Gasteiger partial charge on any atom is -0.504 e. The minimum atomic E-state index is -0.489. The number of benzene rings is 2. The maximum atomic E-state index is 13.9. The van der Waals surface area contributed by atoms with Crippen LogP contribution in [0.3, 0.4) is 0 Å². The number of hydrogen-bond acceptors (Lipinski definition) is 5. The van der Waals surface area contributed by atoms with Gasteiger partial charge >= 0.3 is 0 Å². The van der Waals surface area contributed by atoms with Gasteiger partial charge in [-0.1, -0.05) is 43.3 Å². The molecule has 0 aliphatic carbocycles. The largest absolute Gasteiger partial charge is 0.504 e. The molecule has 0 aliphatic rings. The van der Waals surface area contributed by atoms with Crippen LogP contribution in [0.15, 0.2) is 69.3 Å². The molecule has 2 aromatic heterocycles. The van der Waals surface area contributed by atoms with Crippen molar-refractivity contribution in [2.75, 3.05) is 11.4 Å². The van der Waals surface area contributed by atoms with Crippen LogP contribution in [0.4, 0.5) is 15.8 Å². The molecular formula is C31H34FN3O2S. The van der Waals surface area contributed by atoms with Gasteiger partial charge in [-0.2, -0.15) is 4.39 Å². The first-order valence-corrected chi connectivity index (χ1v) is 13.8. The molecule has 2 N–H and O–H groups in total. The Balaban J connectivity index is 1.76. The quantitative estimate of drug-likeness (QED) is 0.215. The summed E-state index contributed by atoms with van der Waals surface area (Å²) in [6.07, 6.45) is 3.99. The number of halogens is 1. The summed E-state index contributed by atoms with van der Waals surface area (Å²) in [7, 11) is 0. The number of hydrogen-bond donors (Lipinski definition) is 2. The van der Waals surface area contributed by atoms with Crippen LogP contribution in [0, 0.1) is 26.7 Å². The molecular weight excluding hydrogens is 497 g/mol. The van der Waals surface area contributed by atoms with E-state index in [-0.39, 0.29) is 16.2 Å². The van der Waals surface area contributed by atoms with Crippen LogP contribution in [0.25, 0.3) is 11.1 Å². The molecule has 0 aliphatic heterocycles. The fourth-order valence-electron chi connectivity index (χ4n) is 4.75. The Bertz CT molecular complexity index is 1480. The Morgan fingerprint density at radius 2 is 1.71 bits per heavy atom. The van der Waals surface area contributed by atoms with Gasteiger partial charge in [0, 0.05) is 34.6 Å². The molecule has 5 nitrogen and oxygen atoms in total. The zero-order chi connectivity index (χ0) is 27.4. The molecule has 0 saturated heterocycles. The smallest absolute Gasteiger partial charge is 0.266 e. The number of aryl methyl sites for hydroxylation is 3. The normalized spacial score (nSPS) is 11.1. The van der Waals surface area contributed by atoms with E-state index >= 15 is 0 Å². The van der Waals surface area contributed by atoms with Gasteiger partial charge in [0.1, 0.15) is 10.6 Å². The lowest BCUT2D eigenvalue weighted by atomic mass is 10.0. The molecule has 2 heterocycles. The third-order valence-corrected chi connectivity index (χ3v) is 7.70. The molecule has 0 fully saturated rings. The molecule has 0 amide bonds. The van der Waals surface area contributed by atoms with Gasteiger partial charge in [0.15, 0.2) is 5.75 Å². The third-order valence-electron chi connectivity index (χ3n) is 6.61. The van der Waals surface area contributed by atoms with Crippen LogP contribution in [0.5, 0.6) is 5.75 Å². The number of anilines is 2. The highest BCUT2D eigenvalue weighted by Crippen LogP contribution is 2.43. The number of pyridine rings is 2. The number of unbranched alkanes of at least 4 members (excludes halogenated alkanes) is 1. The molecule has 38 heavy (non-hydrogen) atoms. The second kappa shape index (κ2) is 11.9. The number of aromatic nitrogens is 2. The van der Waals surface area contributed by atoms with Gasteiger partial charge in [0.2, 0.25) is 5.95 Å². The first-order valence-electron chi connectivity index (χ1n) is 13.0. The summed E-state index contributed by atoms with van der Waals surface area (Å²) in [5.41, 5.74) is 6.43. The predicted molar refractivity (Wildman–Crippen MR) is 154 cm³/mol. The summed E-state index contributed by atoms with van der Waals surface area (Å²) in [6.45, 7) is 10.6. The van der Waals surface area contributed by atoms with Crippen molar-refractivity contribution < 1.29 is 9.50 Å². The number of nitrogens with one attached hydrogen (secondary N) is 1. The van der Waals surface area contributed by atoms with Gasteiger partial charge in [-0.3, -0.25) is 4.79 Å². The van der Waals surface area contributed by atoms with Crippen molar-refractivity contribution in [1.29, 1.82) is 0 Å². The summed E-state index contributed by atoms with van der Waals surface area (Å²) < 4.78 is 13.9. The molecule has 4 aromatic rings. The fraction of sp³-hybridized carbons (Fsp3) is 0.290. The highest BCUT2D eigenvalue weighted by molar-refractivity contribution is 7.99. The molecule has 198 valence electrons. The first-order chi connectivity index (χ1) is 18.2. The second-order valence-corrected chi connectivity index (χ2v) is 10.6. The molecule has 0 spiro atoms. The van der Waals surface area contributed by atoms with Crippen molar-refractivity contribution in [1.82, 2.24) is 9.97 Å². The SMILES string of the molecule is CCCCc1[nH]c(=O)c(Sc2ccc(-c3ccnc(F)c3C)cc2)c(O)c1N(CC)c1cc(C)cc(C)c1. The lowest BCUT2D eigenvalue weighted by molar-refractivity contribution is 0.458. The Morgan fingerprint density at radius 1 is 1.03 bits per heavy atom. The zero-order valence-electron chi connectivity index (χ0n) is 22.6. The molecule has 7 heteroatoms. The van der Waals surface area contributed by atoms with E-state index in [1.807, 2.05) is 31.2 Å². The van der Waals surface area contributed by atoms with Gasteiger partial charge in [0.25, 0.3) is 5.56 Å². The van der Waals surface area contributed by atoms with E-state index in [0.29, 0.717) is 24.2 Å². The van der Waals surface area contributed by atoms with E-state index in [9.17, 15) is 14.3 Å². The van der Waals surface area contributed by atoms with Gasteiger partial charge in [-0.05, 0) is 93.1 Å². The standard InChI is InChI=1S/C31H34FN3O2S/c1-6-8-9-26-27(35(7-2)23-17-19(3)16-20(4)18-23)28(36)29(31(37)34-26)38-24-12-10-22(11-13-24)25-14-15-33-30(32)21(25)5/h10-18H,6-9H2,1-5H3,(H2,34,36,37). The monoisotopic (exact) mass is 531 g/mol. The van der Waals surface area contributed by atoms with E-state index < -0.39 is 5.95 Å². The summed E-state index contributed by atoms with van der Waals surface area (Å²) >= 11 is 1.22. The molecule has 0 radical (unpaired) electrons. The average Bonchev–Trinajstić information content (AvgIpc) is 2.88. The highest BCUT2D eigenvalue weighted by Gasteiger charge is 2.23. The summed E-state index contributed by atoms with van der Waals surface area (Å²) in [6, 6.07) is 15.6. The van der Waals surface area contributed by atoms with Crippen molar-refractivity contribution in [3.63, 3.8) is 0 Å². The van der Waals surface area contributed by atoms with Crippen LogP contribution >= 0.6 is 11.8 Å². The van der Waals surface area contributed by atoms with Gasteiger partial charge in [-0.15, -0.1) is 0 Å². The molecule has 4 rings (SSSR count). The Hall–Kier alpha value is -3.58.